The van der Waals surface area contributed by atoms with E-state index in [1.54, 1.807) is 23.8 Å². The Balaban J connectivity index is 2.23. The van der Waals surface area contributed by atoms with E-state index in [1.807, 2.05) is 18.2 Å². The van der Waals surface area contributed by atoms with E-state index in [-0.39, 0.29) is 5.82 Å². The van der Waals surface area contributed by atoms with Crippen molar-refractivity contribution in [2.24, 2.45) is 0 Å². The molecule has 0 amide bonds. The summed E-state index contributed by atoms with van der Waals surface area (Å²) in [6.45, 7) is 0. The number of hydrogen-bond acceptors (Lipinski definition) is 3. The molecule has 3 aromatic rings. The molecule has 96 valence electrons. The molecule has 2 aromatic carbocycles. The number of ether oxygens (including phenoxy) is 1. The summed E-state index contributed by atoms with van der Waals surface area (Å²) in [6, 6.07) is 11.6. The van der Waals surface area contributed by atoms with Crippen LogP contribution in [-0.4, -0.2) is 16.7 Å². The van der Waals surface area contributed by atoms with Crippen LogP contribution in [0.4, 0.5) is 10.3 Å². The summed E-state index contributed by atoms with van der Waals surface area (Å²) >= 11 is 0. The average molecular weight is 257 g/mol. The second-order valence-electron chi connectivity index (χ2n) is 4.14. The zero-order valence-corrected chi connectivity index (χ0v) is 10.3. The molecule has 1 aromatic heterocycles. The number of imidazole rings is 1. The van der Waals surface area contributed by atoms with E-state index in [0.29, 0.717) is 5.95 Å². The number of anilines is 1. The Hall–Kier alpha value is -2.56. The Morgan fingerprint density at radius 2 is 1.89 bits per heavy atom. The van der Waals surface area contributed by atoms with E-state index in [1.165, 1.54) is 12.1 Å². The van der Waals surface area contributed by atoms with Crippen molar-refractivity contribution in [3.05, 3.63) is 48.3 Å². The van der Waals surface area contributed by atoms with Gasteiger partial charge in [0, 0.05) is 11.8 Å². The number of nitrogens with zero attached hydrogens (tertiary/aromatic N) is 2. The largest absolute Gasteiger partial charge is 0.497 e. The first-order valence-corrected chi connectivity index (χ1v) is 5.77. The number of hydrogen-bond donors (Lipinski definition) is 1. The van der Waals surface area contributed by atoms with Crippen LogP contribution < -0.4 is 10.5 Å². The van der Waals surface area contributed by atoms with Gasteiger partial charge in [0.25, 0.3) is 0 Å². The van der Waals surface area contributed by atoms with Crippen molar-refractivity contribution in [1.82, 2.24) is 9.55 Å². The SMILES string of the molecule is COc1ccc2c(c1)nc(N)n2-c1ccc(F)cc1. The molecule has 0 atom stereocenters. The van der Waals surface area contributed by atoms with Gasteiger partial charge in [0.05, 0.1) is 18.1 Å². The van der Waals surface area contributed by atoms with E-state index in [4.69, 9.17) is 10.5 Å². The molecule has 0 aliphatic carbocycles. The number of nitrogen functional groups attached to an aromatic ring is 1. The second-order valence-corrected chi connectivity index (χ2v) is 4.14. The maximum absolute atomic E-state index is 13.0. The number of nitrogens with two attached hydrogens (primary N) is 1. The van der Waals surface area contributed by atoms with Gasteiger partial charge in [0.15, 0.2) is 0 Å². The number of benzene rings is 2. The minimum atomic E-state index is -0.284. The molecule has 0 unspecified atom stereocenters. The Labute approximate surface area is 109 Å². The Morgan fingerprint density at radius 1 is 1.16 bits per heavy atom. The van der Waals surface area contributed by atoms with Crippen molar-refractivity contribution < 1.29 is 9.13 Å². The van der Waals surface area contributed by atoms with Crippen LogP contribution in [0.3, 0.4) is 0 Å². The highest BCUT2D eigenvalue weighted by atomic mass is 19.1. The summed E-state index contributed by atoms with van der Waals surface area (Å²) in [5.41, 5.74) is 8.29. The third-order valence-electron chi connectivity index (χ3n) is 2.97. The highest BCUT2D eigenvalue weighted by Gasteiger charge is 2.10. The minimum Gasteiger partial charge on any atom is -0.497 e. The number of methoxy groups -OCH3 is 1. The maximum atomic E-state index is 13.0. The molecule has 5 heteroatoms. The summed E-state index contributed by atoms with van der Waals surface area (Å²) in [6.07, 6.45) is 0. The van der Waals surface area contributed by atoms with Crippen molar-refractivity contribution in [3.63, 3.8) is 0 Å². The first kappa shape index (κ1) is 11.5. The average Bonchev–Trinajstić information content (AvgIpc) is 2.74. The van der Waals surface area contributed by atoms with E-state index in [0.717, 1.165) is 22.5 Å². The van der Waals surface area contributed by atoms with Gasteiger partial charge < -0.3 is 10.5 Å². The third kappa shape index (κ3) is 1.89. The zero-order valence-electron chi connectivity index (χ0n) is 10.3. The van der Waals surface area contributed by atoms with Crippen molar-refractivity contribution >= 4 is 17.0 Å². The van der Waals surface area contributed by atoms with E-state index in [2.05, 4.69) is 4.98 Å². The summed E-state index contributed by atoms with van der Waals surface area (Å²) in [5.74, 6) is 0.791. The lowest BCUT2D eigenvalue weighted by molar-refractivity contribution is 0.415. The molecule has 0 aliphatic heterocycles. The van der Waals surface area contributed by atoms with Gasteiger partial charge in [-0.2, -0.15) is 0 Å². The highest BCUT2D eigenvalue weighted by molar-refractivity contribution is 5.82. The maximum Gasteiger partial charge on any atom is 0.205 e. The molecule has 0 spiro atoms. The van der Waals surface area contributed by atoms with Crippen molar-refractivity contribution in [2.75, 3.05) is 12.8 Å². The molecule has 3 rings (SSSR count). The predicted molar refractivity (Wildman–Crippen MR) is 72.0 cm³/mol. The van der Waals surface area contributed by atoms with Gasteiger partial charge in [0.1, 0.15) is 11.6 Å². The fourth-order valence-corrected chi connectivity index (χ4v) is 2.07. The van der Waals surface area contributed by atoms with E-state index < -0.39 is 0 Å². The lowest BCUT2D eigenvalue weighted by Gasteiger charge is -2.06. The summed E-state index contributed by atoms with van der Waals surface area (Å²) in [7, 11) is 1.60. The quantitative estimate of drug-likeness (QED) is 0.768. The van der Waals surface area contributed by atoms with Crippen molar-refractivity contribution in [3.8, 4) is 11.4 Å². The van der Waals surface area contributed by atoms with E-state index in [9.17, 15) is 4.39 Å². The Morgan fingerprint density at radius 3 is 2.58 bits per heavy atom. The third-order valence-corrected chi connectivity index (χ3v) is 2.97. The molecular weight excluding hydrogens is 245 g/mol. The molecule has 19 heavy (non-hydrogen) atoms. The van der Waals surface area contributed by atoms with Crippen LogP contribution in [0.1, 0.15) is 0 Å². The van der Waals surface area contributed by atoms with Crippen LogP contribution in [0.2, 0.25) is 0 Å². The monoisotopic (exact) mass is 257 g/mol. The van der Waals surface area contributed by atoms with Crippen LogP contribution in [0, 0.1) is 5.82 Å². The zero-order chi connectivity index (χ0) is 13.4. The fraction of sp³-hybridized carbons (Fsp3) is 0.0714. The van der Waals surface area contributed by atoms with Gasteiger partial charge >= 0.3 is 0 Å². The predicted octanol–water partition coefficient (Wildman–Crippen LogP) is 2.76. The molecular formula is C14H12FN3O. The molecule has 0 radical (unpaired) electrons. The van der Waals surface area contributed by atoms with E-state index >= 15 is 0 Å². The number of halogens is 1. The molecule has 0 fully saturated rings. The molecule has 0 bridgehead atoms. The first-order chi connectivity index (χ1) is 9.19. The van der Waals surface area contributed by atoms with Gasteiger partial charge in [0.2, 0.25) is 5.95 Å². The molecule has 0 saturated carbocycles. The number of fused-ring (bicyclic) bond motifs is 1. The van der Waals surface area contributed by atoms with Gasteiger partial charge in [-0.25, -0.2) is 9.37 Å². The topological polar surface area (TPSA) is 53.1 Å². The Kier molecular flexibility index (Phi) is 2.59. The Bertz CT molecular complexity index is 734. The van der Waals surface area contributed by atoms with Crippen molar-refractivity contribution in [2.45, 2.75) is 0 Å². The molecule has 0 saturated heterocycles. The van der Waals surface area contributed by atoms with Crippen LogP contribution in [0.15, 0.2) is 42.5 Å². The van der Waals surface area contributed by atoms with Crippen LogP contribution in [-0.2, 0) is 0 Å². The van der Waals surface area contributed by atoms with Crippen LogP contribution >= 0.6 is 0 Å². The standard InChI is InChI=1S/C14H12FN3O/c1-19-11-6-7-13-12(8-11)17-14(16)18(13)10-4-2-9(15)3-5-10/h2-8H,1H3,(H2,16,17). The fourth-order valence-electron chi connectivity index (χ4n) is 2.07. The van der Waals surface area contributed by atoms with Crippen LogP contribution in [0.25, 0.3) is 16.7 Å². The van der Waals surface area contributed by atoms with Gasteiger partial charge in [-0.15, -0.1) is 0 Å². The number of aromatic nitrogens is 2. The van der Waals surface area contributed by atoms with Gasteiger partial charge in [-0.05, 0) is 36.4 Å². The second kappa shape index (κ2) is 4.28. The smallest absolute Gasteiger partial charge is 0.205 e. The van der Waals surface area contributed by atoms with Crippen molar-refractivity contribution in [1.29, 1.82) is 0 Å². The summed E-state index contributed by atoms with van der Waals surface area (Å²) < 4.78 is 19.9. The minimum absolute atomic E-state index is 0.284. The molecule has 4 nitrogen and oxygen atoms in total. The van der Waals surface area contributed by atoms with Gasteiger partial charge in [-0.1, -0.05) is 0 Å². The summed E-state index contributed by atoms with van der Waals surface area (Å²) in [4.78, 5) is 4.29. The normalized spacial score (nSPS) is 10.8. The lowest BCUT2D eigenvalue weighted by atomic mass is 10.2. The molecule has 2 N–H and O–H groups in total. The first-order valence-electron chi connectivity index (χ1n) is 5.77. The molecule has 1 heterocycles. The van der Waals surface area contributed by atoms with Gasteiger partial charge in [-0.3, -0.25) is 4.57 Å². The highest BCUT2D eigenvalue weighted by Crippen LogP contribution is 2.26. The van der Waals surface area contributed by atoms with Crippen LogP contribution in [0.5, 0.6) is 5.75 Å². The lowest BCUT2D eigenvalue weighted by Crippen LogP contribution is -2.00. The summed E-state index contributed by atoms with van der Waals surface area (Å²) in [5, 5.41) is 0. The molecule has 0 aliphatic rings. The number of rotatable bonds is 2.